The minimum Gasteiger partial charge on any atom is -0.491 e. The Morgan fingerprint density at radius 1 is 1.19 bits per heavy atom. The van der Waals surface area contributed by atoms with Crippen molar-refractivity contribution in [1.29, 1.82) is 0 Å². The Kier molecular flexibility index (Phi) is 7.50. The first kappa shape index (κ1) is 18.3. The summed E-state index contributed by atoms with van der Waals surface area (Å²) in [5.41, 5.74) is 1.22. The molecule has 120 valence electrons. The van der Waals surface area contributed by atoms with E-state index in [0.717, 1.165) is 5.75 Å². The zero-order valence-electron chi connectivity index (χ0n) is 13.3. The molecule has 3 unspecified atom stereocenters. The number of hydrogen-bond donors (Lipinski definition) is 1. The maximum Gasteiger partial charge on any atom is 0.119 e. The van der Waals surface area contributed by atoms with Gasteiger partial charge in [0.2, 0.25) is 0 Å². The Morgan fingerprint density at radius 2 is 1.76 bits per heavy atom. The number of aliphatic hydroxyl groups excluding tert-OH is 1. The summed E-state index contributed by atoms with van der Waals surface area (Å²) < 4.78 is 5.66. The van der Waals surface area contributed by atoms with Crippen LogP contribution in [0.1, 0.15) is 38.7 Å². The quantitative estimate of drug-likeness (QED) is 0.904. The highest BCUT2D eigenvalue weighted by Crippen LogP contribution is 2.22. The van der Waals surface area contributed by atoms with Crippen LogP contribution in [0.15, 0.2) is 24.3 Å². The first-order valence-corrected chi connectivity index (χ1v) is 7.69. The number of β-amino-alcohol motifs (C(OH)–C–C–N with tert-alkyl or cyclic N) is 1. The number of piperidine rings is 1. The molecule has 0 aliphatic carbocycles. The first-order valence-electron chi connectivity index (χ1n) is 7.69. The number of hydrogen-bond acceptors (Lipinski definition) is 3. The van der Waals surface area contributed by atoms with E-state index in [1.54, 1.807) is 0 Å². The third-order valence-electron chi connectivity index (χ3n) is 4.26. The van der Waals surface area contributed by atoms with Gasteiger partial charge in [0, 0.05) is 18.6 Å². The average Bonchev–Trinajstić information content (AvgIpc) is 2.42. The second kappa shape index (κ2) is 8.62. The number of aryl methyl sites for hydroxylation is 1. The van der Waals surface area contributed by atoms with Gasteiger partial charge in [-0.15, -0.1) is 12.4 Å². The van der Waals surface area contributed by atoms with Crippen molar-refractivity contribution in [2.24, 2.45) is 0 Å². The van der Waals surface area contributed by atoms with Gasteiger partial charge >= 0.3 is 0 Å². The molecule has 3 atom stereocenters. The van der Waals surface area contributed by atoms with E-state index >= 15 is 0 Å². The second-order valence-corrected chi connectivity index (χ2v) is 6.10. The zero-order valence-corrected chi connectivity index (χ0v) is 14.1. The number of ether oxygens (including phenoxy) is 1. The van der Waals surface area contributed by atoms with E-state index in [1.165, 1.54) is 24.8 Å². The van der Waals surface area contributed by atoms with Crippen LogP contribution in [-0.4, -0.2) is 41.3 Å². The Morgan fingerprint density at radius 3 is 2.33 bits per heavy atom. The molecule has 1 saturated heterocycles. The maximum atomic E-state index is 10.2. The van der Waals surface area contributed by atoms with Gasteiger partial charge in [0.15, 0.2) is 0 Å². The highest BCUT2D eigenvalue weighted by Gasteiger charge is 2.26. The molecule has 3 nitrogen and oxygen atoms in total. The molecule has 0 saturated carbocycles. The smallest absolute Gasteiger partial charge is 0.119 e. The second-order valence-electron chi connectivity index (χ2n) is 6.10. The van der Waals surface area contributed by atoms with Crippen LogP contribution < -0.4 is 4.74 Å². The summed E-state index contributed by atoms with van der Waals surface area (Å²) in [7, 11) is 0. The SMILES string of the molecule is Cc1ccc(OCC(O)CN2C(C)CCCC2C)cc1.Cl. The molecule has 1 aromatic rings. The fourth-order valence-corrected chi connectivity index (χ4v) is 2.96. The number of rotatable bonds is 5. The van der Waals surface area contributed by atoms with Crippen molar-refractivity contribution in [2.45, 2.75) is 58.2 Å². The fourth-order valence-electron chi connectivity index (χ4n) is 2.96. The number of nitrogens with zero attached hydrogens (tertiary/aromatic N) is 1. The van der Waals surface area contributed by atoms with Gasteiger partial charge in [-0.2, -0.15) is 0 Å². The molecule has 21 heavy (non-hydrogen) atoms. The van der Waals surface area contributed by atoms with Crippen LogP contribution in [-0.2, 0) is 0 Å². The van der Waals surface area contributed by atoms with Crippen LogP contribution in [0.3, 0.4) is 0 Å². The number of aliphatic hydroxyl groups is 1. The Hall–Kier alpha value is -0.770. The molecule has 4 heteroatoms. The van der Waals surface area contributed by atoms with Crippen LogP contribution in [0.25, 0.3) is 0 Å². The summed E-state index contributed by atoms with van der Waals surface area (Å²) in [5, 5.41) is 10.2. The third-order valence-corrected chi connectivity index (χ3v) is 4.26. The number of likely N-dealkylation sites (tertiary alicyclic amines) is 1. The molecule has 1 aliphatic heterocycles. The van der Waals surface area contributed by atoms with Gasteiger partial charge in [-0.05, 0) is 45.7 Å². The molecule has 0 aromatic heterocycles. The molecular weight excluding hydrogens is 286 g/mol. The van der Waals surface area contributed by atoms with Crippen molar-refractivity contribution in [3.8, 4) is 5.75 Å². The molecule has 1 aliphatic rings. The average molecular weight is 314 g/mol. The van der Waals surface area contributed by atoms with Gasteiger partial charge in [0.05, 0.1) is 0 Å². The van der Waals surface area contributed by atoms with E-state index in [2.05, 4.69) is 25.7 Å². The number of halogens is 1. The Labute approximate surface area is 134 Å². The summed E-state index contributed by atoms with van der Waals surface area (Å²) in [5.74, 6) is 0.828. The minimum atomic E-state index is -0.431. The monoisotopic (exact) mass is 313 g/mol. The van der Waals surface area contributed by atoms with Crippen LogP contribution in [0, 0.1) is 6.92 Å². The zero-order chi connectivity index (χ0) is 14.5. The van der Waals surface area contributed by atoms with E-state index < -0.39 is 6.10 Å². The van der Waals surface area contributed by atoms with Crippen LogP contribution in [0.2, 0.25) is 0 Å². The molecule has 1 fully saturated rings. The van der Waals surface area contributed by atoms with Crippen molar-refractivity contribution in [2.75, 3.05) is 13.2 Å². The van der Waals surface area contributed by atoms with E-state index in [1.807, 2.05) is 24.3 Å². The lowest BCUT2D eigenvalue weighted by Crippen LogP contribution is -2.48. The third kappa shape index (κ3) is 5.50. The van der Waals surface area contributed by atoms with Gasteiger partial charge in [0.25, 0.3) is 0 Å². The van der Waals surface area contributed by atoms with Crippen molar-refractivity contribution < 1.29 is 9.84 Å². The van der Waals surface area contributed by atoms with Crippen molar-refractivity contribution in [3.05, 3.63) is 29.8 Å². The van der Waals surface area contributed by atoms with Crippen LogP contribution in [0.5, 0.6) is 5.75 Å². The van der Waals surface area contributed by atoms with Crippen molar-refractivity contribution >= 4 is 12.4 Å². The largest absolute Gasteiger partial charge is 0.491 e. The molecule has 0 amide bonds. The molecular formula is C17H28ClNO2. The molecule has 1 heterocycles. The first-order chi connectivity index (χ1) is 9.56. The molecule has 1 N–H and O–H groups in total. The van der Waals surface area contributed by atoms with E-state index in [4.69, 9.17) is 4.74 Å². The van der Waals surface area contributed by atoms with E-state index in [9.17, 15) is 5.11 Å². The molecule has 0 spiro atoms. The summed E-state index contributed by atoms with van der Waals surface area (Å²) in [6, 6.07) is 9.08. The summed E-state index contributed by atoms with van der Waals surface area (Å²) in [4.78, 5) is 2.41. The summed E-state index contributed by atoms with van der Waals surface area (Å²) >= 11 is 0. The maximum absolute atomic E-state index is 10.2. The topological polar surface area (TPSA) is 32.7 Å². The van der Waals surface area contributed by atoms with E-state index in [-0.39, 0.29) is 12.4 Å². The van der Waals surface area contributed by atoms with Gasteiger partial charge in [-0.1, -0.05) is 24.1 Å². The fraction of sp³-hybridized carbons (Fsp3) is 0.647. The minimum absolute atomic E-state index is 0. The van der Waals surface area contributed by atoms with Crippen molar-refractivity contribution in [1.82, 2.24) is 4.90 Å². The molecule has 1 aromatic carbocycles. The summed E-state index contributed by atoms with van der Waals surface area (Å²) in [6.07, 6.45) is 3.33. The van der Waals surface area contributed by atoms with E-state index in [0.29, 0.717) is 25.2 Å². The van der Waals surface area contributed by atoms with Crippen molar-refractivity contribution in [3.63, 3.8) is 0 Å². The van der Waals surface area contributed by atoms with Gasteiger partial charge in [-0.25, -0.2) is 0 Å². The van der Waals surface area contributed by atoms with Gasteiger partial charge in [-0.3, -0.25) is 4.90 Å². The van der Waals surface area contributed by atoms with Crippen LogP contribution in [0.4, 0.5) is 0 Å². The lowest BCUT2D eigenvalue weighted by molar-refractivity contribution is 0.0209. The molecule has 2 rings (SSSR count). The van der Waals surface area contributed by atoms with Gasteiger partial charge < -0.3 is 9.84 Å². The van der Waals surface area contributed by atoms with Gasteiger partial charge in [0.1, 0.15) is 18.5 Å². The highest BCUT2D eigenvalue weighted by molar-refractivity contribution is 5.85. The molecule has 0 bridgehead atoms. The normalized spacial score (nSPS) is 24.2. The highest BCUT2D eigenvalue weighted by atomic mass is 35.5. The predicted molar refractivity (Wildman–Crippen MR) is 89.4 cm³/mol. The lowest BCUT2D eigenvalue weighted by Gasteiger charge is -2.40. The predicted octanol–water partition coefficient (Wildman–Crippen LogP) is 3.42. The van der Waals surface area contributed by atoms with Crippen LogP contribution >= 0.6 is 12.4 Å². The lowest BCUT2D eigenvalue weighted by atomic mass is 9.97. The summed E-state index contributed by atoms with van der Waals surface area (Å²) in [6.45, 7) is 7.62. The molecule has 0 radical (unpaired) electrons. The standard InChI is InChI=1S/C17H27NO2.ClH/c1-13-7-9-17(10-8-13)20-12-16(19)11-18-14(2)5-4-6-15(18)3;/h7-10,14-16,19H,4-6,11-12H2,1-3H3;1H. The Bertz CT molecular complexity index is 400. The number of benzene rings is 1. The Balaban J connectivity index is 0.00000220.